The quantitative estimate of drug-likeness (QED) is 0.774. The molecule has 0 atom stereocenters. The van der Waals surface area contributed by atoms with E-state index < -0.39 is 0 Å². The first-order valence-corrected chi connectivity index (χ1v) is 8.18. The Balaban J connectivity index is 1.40. The molecule has 0 aromatic heterocycles. The van der Waals surface area contributed by atoms with E-state index in [0.717, 1.165) is 5.56 Å². The number of hydrogen-bond donors (Lipinski definition) is 2. The van der Waals surface area contributed by atoms with Gasteiger partial charge in [0, 0.05) is 23.7 Å². The summed E-state index contributed by atoms with van der Waals surface area (Å²) in [5.41, 5.74) is 1.36. The average molecular weight is 361 g/mol. The number of halogens is 1. The molecule has 130 valence electrons. The molecule has 2 aromatic carbocycles. The van der Waals surface area contributed by atoms with E-state index in [-0.39, 0.29) is 25.0 Å². The highest BCUT2D eigenvalue weighted by Gasteiger charge is 2.15. The second-order valence-electron chi connectivity index (χ2n) is 5.48. The lowest BCUT2D eigenvalue weighted by Crippen LogP contribution is -2.35. The van der Waals surface area contributed by atoms with Gasteiger partial charge in [0.1, 0.15) is 0 Å². The number of carbonyl (C=O) groups is 2. The van der Waals surface area contributed by atoms with E-state index in [1.807, 2.05) is 12.1 Å². The van der Waals surface area contributed by atoms with Crippen LogP contribution in [0.15, 0.2) is 42.5 Å². The van der Waals surface area contributed by atoms with Gasteiger partial charge in [-0.2, -0.15) is 0 Å². The van der Waals surface area contributed by atoms with Gasteiger partial charge in [-0.25, -0.2) is 0 Å². The summed E-state index contributed by atoms with van der Waals surface area (Å²) in [4.78, 5) is 23.9. The largest absolute Gasteiger partial charge is 0.454 e. The van der Waals surface area contributed by atoms with Crippen LogP contribution in [0.5, 0.6) is 11.5 Å². The highest BCUT2D eigenvalue weighted by molar-refractivity contribution is 6.30. The number of fused-ring (bicyclic) bond motifs is 1. The van der Waals surface area contributed by atoms with E-state index in [2.05, 4.69) is 10.6 Å². The Morgan fingerprint density at radius 3 is 2.48 bits per heavy atom. The van der Waals surface area contributed by atoms with Crippen LogP contribution in [-0.2, 0) is 11.2 Å². The molecular formula is C18H17ClN2O4. The number of ether oxygens (including phenoxy) is 2. The molecule has 0 radical (unpaired) electrons. The molecule has 0 spiro atoms. The van der Waals surface area contributed by atoms with Crippen molar-refractivity contribution in [1.82, 2.24) is 10.6 Å². The number of rotatable bonds is 6. The van der Waals surface area contributed by atoms with Crippen molar-refractivity contribution in [3.05, 3.63) is 58.6 Å². The minimum Gasteiger partial charge on any atom is -0.454 e. The number of carbonyl (C=O) groups excluding carboxylic acids is 2. The predicted molar refractivity (Wildman–Crippen MR) is 93.1 cm³/mol. The fourth-order valence-electron chi connectivity index (χ4n) is 2.37. The summed E-state index contributed by atoms with van der Waals surface area (Å²) in [6, 6.07) is 12.1. The van der Waals surface area contributed by atoms with Gasteiger partial charge in [0.25, 0.3) is 5.91 Å². The lowest BCUT2D eigenvalue weighted by Gasteiger charge is -2.08. The zero-order valence-corrected chi connectivity index (χ0v) is 14.1. The van der Waals surface area contributed by atoms with Gasteiger partial charge in [0.05, 0.1) is 6.42 Å². The molecule has 2 N–H and O–H groups in total. The van der Waals surface area contributed by atoms with Gasteiger partial charge in [0.2, 0.25) is 12.7 Å². The normalized spacial score (nSPS) is 11.9. The Kier molecular flexibility index (Phi) is 5.40. The molecule has 1 aliphatic heterocycles. The molecular weight excluding hydrogens is 344 g/mol. The SMILES string of the molecule is O=C(Cc1ccc(Cl)cc1)NCCNC(=O)c1ccc2c(c1)OCO2. The standard InChI is InChI=1S/C18H17ClN2O4/c19-14-4-1-12(2-5-14)9-17(22)20-7-8-21-18(23)13-3-6-15-16(10-13)25-11-24-15/h1-6,10H,7-9,11H2,(H,20,22)(H,21,23). The Labute approximate surface area is 150 Å². The lowest BCUT2D eigenvalue weighted by atomic mass is 10.1. The molecule has 0 fully saturated rings. The van der Waals surface area contributed by atoms with Crippen LogP contribution in [0.2, 0.25) is 5.02 Å². The molecule has 2 amide bonds. The Bertz CT molecular complexity index is 777. The third-order valence-corrected chi connectivity index (χ3v) is 3.90. The van der Waals surface area contributed by atoms with Crippen molar-refractivity contribution in [2.45, 2.75) is 6.42 Å². The monoisotopic (exact) mass is 360 g/mol. The van der Waals surface area contributed by atoms with Crippen LogP contribution in [0, 0.1) is 0 Å². The Hall–Kier alpha value is -2.73. The number of nitrogens with one attached hydrogen (secondary N) is 2. The van der Waals surface area contributed by atoms with Crippen molar-refractivity contribution >= 4 is 23.4 Å². The molecule has 25 heavy (non-hydrogen) atoms. The fraction of sp³-hybridized carbons (Fsp3) is 0.222. The van der Waals surface area contributed by atoms with Crippen LogP contribution in [0.1, 0.15) is 15.9 Å². The zero-order chi connectivity index (χ0) is 17.6. The second-order valence-corrected chi connectivity index (χ2v) is 5.91. The van der Waals surface area contributed by atoms with Crippen LogP contribution in [0.3, 0.4) is 0 Å². The maximum absolute atomic E-state index is 12.1. The first-order chi connectivity index (χ1) is 12.1. The maximum atomic E-state index is 12.1. The topological polar surface area (TPSA) is 76.7 Å². The van der Waals surface area contributed by atoms with Crippen LogP contribution < -0.4 is 20.1 Å². The third-order valence-electron chi connectivity index (χ3n) is 3.65. The molecule has 0 bridgehead atoms. The molecule has 3 rings (SSSR count). The van der Waals surface area contributed by atoms with Crippen LogP contribution in [0.25, 0.3) is 0 Å². The Morgan fingerprint density at radius 2 is 1.68 bits per heavy atom. The van der Waals surface area contributed by atoms with Crippen molar-refractivity contribution in [1.29, 1.82) is 0 Å². The molecule has 0 unspecified atom stereocenters. The van der Waals surface area contributed by atoms with E-state index in [1.54, 1.807) is 30.3 Å². The van der Waals surface area contributed by atoms with Gasteiger partial charge in [-0.3, -0.25) is 9.59 Å². The van der Waals surface area contributed by atoms with E-state index in [4.69, 9.17) is 21.1 Å². The first-order valence-electron chi connectivity index (χ1n) is 7.81. The van der Waals surface area contributed by atoms with Crippen molar-refractivity contribution in [3.8, 4) is 11.5 Å². The fourth-order valence-corrected chi connectivity index (χ4v) is 2.49. The van der Waals surface area contributed by atoms with E-state index in [9.17, 15) is 9.59 Å². The molecule has 2 aromatic rings. The van der Waals surface area contributed by atoms with E-state index >= 15 is 0 Å². The minimum absolute atomic E-state index is 0.111. The van der Waals surface area contributed by atoms with Gasteiger partial charge in [-0.15, -0.1) is 0 Å². The lowest BCUT2D eigenvalue weighted by molar-refractivity contribution is -0.120. The van der Waals surface area contributed by atoms with Gasteiger partial charge in [-0.05, 0) is 35.9 Å². The van der Waals surface area contributed by atoms with Crippen LogP contribution in [-0.4, -0.2) is 31.7 Å². The summed E-state index contributed by atoms with van der Waals surface area (Å²) < 4.78 is 10.4. The molecule has 0 saturated carbocycles. The molecule has 0 aliphatic carbocycles. The second kappa shape index (κ2) is 7.90. The minimum atomic E-state index is -0.231. The summed E-state index contributed by atoms with van der Waals surface area (Å²) in [7, 11) is 0. The molecule has 7 heteroatoms. The number of amides is 2. The summed E-state index contributed by atoms with van der Waals surface area (Å²) in [5, 5.41) is 6.15. The number of hydrogen-bond acceptors (Lipinski definition) is 4. The van der Waals surface area contributed by atoms with Crippen molar-refractivity contribution in [2.24, 2.45) is 0 Å². The predicted octanol–water partition coefficient (Wildman–Crippen LogP) is 2.16. The molecule has 1 aliphatic rings. The Morgan fingerprint density at radius 1 is 0.960 bits per heavy atom. The van der Waals surface area contributed by atoms with Crippen molar-refractivity contribution in [3.63, 3.8) is 0 Å². The highest BCUT2D eigenvalue weighted by atomic mass is 35.5. The van der Waals surface area contributed by atoms with Crippen LogP contribution >= 0.6 is 11.6 Å². The van der Waals surface area contributed by atoms with Gasteiger partial charge in [0.15, 0.2) is 11.5 Å². The number of benzene rings is 2. The van der Waals surface area contributed by atoms with Gasteiger partial charge >= 0.3 is 0 Å². The maximum Gasteiger partial charge on any atom is 0.251 e. The first kappa shape index (κ1) is 17.1. The van der Waals surface area contributed by atoms with Crippen LogP contribution in [0.4, 0.5) is 0 Å². The molecule has 6 nitrogen and oxygen atoms in total. The summed E-state index contributed by atoms with van der Waals surface area (Å²) >= 11 is 5.81. The molecule has 1 heterocycles. The summed E-state index contributed by atoms with van der Waals surface area (Å²) in [5.74, 6) is 0.847. The van der Waals surface area contributed by atoms with Crippen molar-refractivity contribution in [2.75, 3.05) is 19.9 Å². The average Bonchev–Trinajstić information content (AvgIpc) is 3.08. The highest BCUT2D eigenvalue weighted by Crippen LogP contribution is 2.32. The summed E-state index contributed by atoms with van der Waals surface area (Å²) in [6.45, 7) is 0.850. The zero-order valence-electron chi connectivity index (χ0n) is 13.4. The van der Waals surface area contributed by atoms with E-state index in [0.29, 0.717) is 35.2 Å². The van der Waals surface area contributed by atoms with Gasteiger partial charge < -0.3 is 20.1 Å². The molecule has 0 saturated heterocycles. The summed E-state index contributed by atoms with van der Waals surface area (Å²) in [6.07, 6.45) is 0.271. The van der Waals surface area contributed by atoms with Crippen molar-refractivity contribution < 1.29 is 19.1 Å². The van der Waals surface area contributed by atoms with Gasteiger partial charge in [-0.1, -0.05) is 23.7 Å². The third kappa shape index (κ3) is 4.64. The van der Waals surface area contributed by atoms with E-state index in [1.165, 1.54) is 0 Å². The smallest absolute Gasteiger partial charge is 0.251 e.